The van der Waals surface area contributed by atoms with E-state index in [1.165, 1.54) is 27.1 Å². The maximum absolute atomic E-state index is 13.0. The molecule has 9 heteroatoms. The van der Waals surface area contributed by atoms with Gasteiger partial charge >= 0.3 is 0 Å². The fraction of sp³-hybridized carbons (Fsp3) is 0.368. The Labute approximate surface area is 170 Å². The Kier molecular flexibility index (Phi) is 5.66. The maximum Gasteiger partial charge on any atom is 0.263 e. The van der Waals surface area contributed by atoms with Gasteiger partial charge in [-0.05, 0) is 32.2 Å². The van der Waals surface area contributed by atoms with Crippen LogP contribution in [0.2, 0.25) is 0 Å². The lowest BCUT2D eigenvalue weighted by Crippen LogP contribution is -2.47. The van der Waals surface area contributed by atoms with Crippen molar-refractivity contribution in [1.82, 2.24) is 19.8 Å². The van der Waals surface area contributed by atoms with E-state index < -0.39 is 0 Å². The molecule has 0 radical (unpaired) electrons. The van der Waals surface area contributed by atoms with E-state index in [4.69, 9.17) is 0 Å². The van der Waals surface area contributed by atoms with E-state index in [0.717, 1.165) is 10.4 Å². The van der Waals surface area contributed by atoms with Gasteiger partial charge in [-0.2, -0.15) is 0 Å². The van der Waals surface area contributed by atoms with Gasteiger partial charge in [0.25, 0.3) is 5.56 Å². The summed E-state index contributed by atoms with van der Waals surface area (Å²) >= 11 is 2.96. The zero-order valence-electron chi connectivity index (χ0n) is 16.2. The average Bonchev–Trinajstić information content (AvgIpc) is 3.24. The molecule has 3 rings (SSSR count). The van der Waals surface area contributed by atoms with Gasteiger partial charge in [0.05, 0.1) is 18.3 Å². The van der Waals surface area contributed by atoms with E-state index >= 15 is 0 Å². The van der Waals surface area contributed by atoms with E-state index in [1.807, 2.05) is 43.7 Å². The van der Waals surface area contributed by atoms with Crippen LogP contribution in [0.5, 0.6) is 0 Å². The van der Waals surface area contributed by atoms with Crippen molar-refractivity contribution in [2.75, 3.05) is 13.6 Å². The quantitative estimate of drug-likeness (QED) is 0.690. The van der Waals surface area contributed by atoms with Crippen LogP contribution in [0.3, 0.4) is 0 Å². The number of hydrogen-bond donors (Lipinski definition) is 1. The highest BCUT2D eigenvalue weighted by molar-refractivity contribution is 7.18. The van der Waals surface area contributed by atoms with E-state index in [1.54, 1.807) is 18.4 Å². The molecule has 3 heterocycles. The van der Waals surface area contributed by atoms with Crippen molar-refractivity contribution < 1.29 is 9.59 Å². The Bertz CT molecular complexity index is 1060. The van der Waals surface area contributed by atoms with Crippen LogP contribution < -0.4 is 10.9 Å². The van der Waals surface area contributed by atoms with Crippen LogP contribution in [0.1, 0.15) is 20.8 Å². The van der Waals surface area contributed by atoms with Crippen LogP contribution >= 0.6 is 22.7 Å². The standard InChI is InChI=1S/C19H22N4O3S2/c1-19(2,3)21-14(24)8-22(4)15(25)9-23-11-20-17-16(18(23)26)12(10-28-17)13-6-5-7-27-13/h5-7,10-11H,8-9H2,1-4H3,(H,21,24). The summed E-state index contributed by atoms with van der Waals surface area (Å²) in [6, 6.07) is 3.88. The molecule has 0 saturated heterocycles. The van der Waals surface area contributed by atoms with E-state index in [9.17, 15) is 14.4 Å². The van der Waals surface area contributed by atoms with Crippen molar-refractivity contribution in [3.63, 3.8) is 0 Å². The number of likely N-dealkylation sites (N-methyl/N-ethyl adjacent to an activating group) is 1. The summed E-state index contributed by atoms with van der Waals surface area (Å²) in [6.07, 6.45) is 1.39. The third-order valence-electron chi connectivity index (χ3n) is 3.97. The molecule has 0 saturated carbocycles. The molecule has 0 aromatic carbocycles. The first kappa shape index (κ1) is 20.2. The van der Waals surface area contributed by atoms with Crippen LogP contribution in [-0.2, 0) is 16.1 Å². The first-order chi connectivity index (χ1) is 13.2. The van der Waals surface area contributed by atoms with Crippen LogP contribution in [0.25, 0.3) is 20.7 Å². The first-order valence-corrected chi connectivity index (χ1v) is 10.5. The number of carbonyl (C=O) groups excluding carboxylic acids is 2. The van der Waals surface area contributed by atoms with Gasteiger partial charge in [-0.3, -0.25) is 19.0 Å². The normalized spacial score (nSPS) is 11.6. The minimum absolute atomic E-state index is 0.0700. The average molecular weight is 419 g/mol. The Hall–Kier alpha value is -2.52. The van der Waals surface area contributed by atoms with Gasteiger partial charge in [-0.25, -0.2) is 4.98 Å². The summed E-state index contributed by atoms with van der Waals surface area (Å²) in [7, 11) is 1.54. The highest BCUT2D eigenvalue weighted by atomic mass is 32.1. The summed E-state index contributed by atoms with van der Waals surface area (Å²) in [5.74, 6) is -0.581. The summed E-state index contributed by atoms with van der Waals surface area (Å²) in [6.45, 7) is 5.39. The predicted octanol–water partition coefficient (Wildman–Crippen LogP) is 2.56. The molecule has 7 nitrogen and oxygen atoms in total. The first-order valence-electron chi connectivity index (χ1n) is 8.71. The third kappa shape index (κ3) is 4.48. The lowest BCUT2D eigenvalue weighted by Gasteiger charge is -2.23. The number of nitrogens with one attached hydrogen (secondary N) is 1. The molecule has 0 aliphatic carbocycles. The highest BCUT2D eigenvalue weighted by Gasteiger charge is 2.20. The second kappa shape index (κ2) is 7.84. The highest BCUT2D eigenvalue weighted by Crippen LogP contribution is 2.33. The predicted molar refractivity (Wildman–Crippen MR) is 113 cm³/mol. The van der Waals surface area contributed by atoms with Crippen LogP contribution in [0.15, 0.2) is 34.0 Å². The number of nitrogens with zero attached hydrogens (tertiary/aromatic N) is 3. The Balaban J connectivity index is 1.80. The van der Waals surface area contributed by atoms with Crippen LogP contribution in [0.4, 0.5) is 0 Å². The molecule has 0 unspecified atom stereocenters. The summed E-state index contributed by atoms with van der Waals surface area (Å²) in [5, 5.41) is 7.21. The SMILES string of the molecule is CN(CC(=O)NC(C)(C)C)C(=O)Cn1cnc2scc(-c3cccs3)c2c1=O. The third-order valence-corrected chi connectivity index (χ3v) is 5.76. The van der Waals surface area contributed by atoms with Crippen molar-refractivity contribution in [2.45, 2.75) is 32.9 Å². The maximum atomic E-state index is 13.0. The number of amides is 2. The Morgan fingerprint density at radius 2 is 2.04 bits per heavy atom. The topological polar surface area (TPSA) is 84.3 Å². The van der Waals surface area contributed by atoms with Gasteiger partial charge in [-0.15, -0.1) is 22.7 Å². The monoisotopic (exact) mass is 418 g/mol. The lowest BCUT2D eigenvalue weighted by atomic mass is 10.1. The minimum atomic E-state index is -0.371. The van der Waals surface area contributed by atoms with Crippen molar-refractivity contribution in [1.29, 1.82) is 0 Å². The van der Waals surface area contributed by atoms with Gasteiger partial charge < -0.3 is 10.2 Å². The number of rotatable bonds is 5. The molecular weight excluding hydrogens is 396 g/mol. The van der Waals surface area contributed by atoms with Crippen molar-refractivity contribution in [3.05, 3.63) is 39.6 Å². The van der Waals surface area contributed by atoms with E-state index in [0.29, 0.717) is 10.2 Å². The molecule has 0 atom stereocenters. The summed E-state index contributed by atoms with van der Waals surface area (Å²) < 4.78 is 1.30. The van der Waals surface area contributed by atoms with Crippen LogP contribution in [-0.4, -0.2) is 45.4 Å². The van der Waals surface area contributed by atoms with Gasteiger partial charge in [0.1, 0.15) is 11.4 Å². The molecule has 0 spiro atoms. The number of carbonyl (C=O) groups is 2. The van der Waals surface area contributed by atoms with E-state index in [2.05, 4.69) is 10.3 Å². The molecular formula is C19H22N4O3S2. The number of aromatic nitrogens is 2. The molecule has 28 heavy (non-hydrogen) atoms. The second-order valence-electron chi connectivity index (χ2n) is 7.53. The molecule has 0 aliphatic rings. The summed E-state index contributed by atoms with van der Waals surface area (Å²) in [5.41, 5.74) is 0.215. The molecule has 0 aliphatic heterocycles. The molecule has 1 N–H and O–H groups in total. The second-order valence-corrected chi connectivity index (χ2v) is 9.34. The molecule has 3 aromatic heterocycles. The van der Waals surface area contributed by atoms with Gasteiger partial charge in [-0.1, -0.05) is 6.07 Å². The number of thiophene rings is 2. The molecule has 148 valence electrons. The number of fused-ring (bicyclic) bond motifs is 1. The smallest absolute Gasteiger partial charge is 0.263 e. The molecule has 3 aromatic rings. The largest absolute Gasteiger partial charge is 0.350 e. The van der Waals surface area contributed by atoms with Gasteiger partial charge in [0, 0.05) is 28.4 Å². The Morgan fingerprint density at radius 3 is 2.68 bits per heavy atom. The molecule has 2 amide bonds. The van der Waals surface area contributed by atoms with Crippen molar-refractivity contribution >= 4 is 44.7 Å². The van der Waals surface area contributed by atoms with Crippen LogP contribution in [0, 0.1) is 0 Å². The van der Waals surface area contributed by atoms with Gasteiger partial charge in [0.2, 0.25) is 11.8 Å². The fourth-order valence-corrected chi connectivity index (χ4v) is 4.44. The Morgan fingerprint density at radius 1 is 1.29 bits per heavy atom. The number of hydrogen-bond acceptors (Lipinski definition) is 6. The minimum Gasteiger partial charge on any atom is -0.350 e. The van der Waals surface area contributed by atoms with Crippen molar-refractivity contribution in [2.24, 2.45) is 0 Å². The van der Waals surface area contributed by atoms with Gasteiger partial charge in [0.15, 0.2) is 0 Å². The zero-order valence-corrected chi connectivity index (χ0v) is 17.8. The molecule has 0 fully saturated rings. The lowest BCUT2D eigenvalue weighted by molar-refractivity contribution is -0.135. The molecule has 0 bridgehead atoms. The fourth-order valence-electron chi connectivity index (χ4n) is 2.72. The van der Waals surface area contributed by atoms with Crippen molar-refractivity contribution in [3.8, 4) is 10.4 Å². The van der Waals surface area contributed by atoms with E-state index in [-0.39, 0.29) is 36.0 Å². The summed E-state index contributed by atoms with van der Waals surface area (Å²) in [4.78, 5) is 44.8. The zero-order chi connectivity index (χ0) is 20.5.